The lowest BCUT2D eigenvalue weighted by Crippen LogP contribution is -2.46. The van der Waals surface area contributed by atoms with Gasteiger partial charge in [0.15, 0.2) is 5.16 Å². The van der Waals surface area contributed by atoms with E-state index in [0.29, 0.717) is 33.6 Å². The number of hydrogen-bond acceptors (Lipinski definition) is 4. The van der Waals surface area contributed by atoms with Crippen LogP contribution in [0.3, 0.4) is 0 Å². The number of carbonyl (C=O) groups excluding carboxylic acids is 1. The van der Waals surface area contributed by atoms with Crippen LogP contribution < -0.4 is 10.9 Å². The van der Waals surface area contributed by atoms with E-state index in [9.17, 15) is 14.0 Å². The fraction of sp³-hybridized carbons (Fsp3) is 0.400. The Bertz CT molecular complexity index is 1250. The summed E-state index contributed by atoms with van der Waals surface area (Å²) >= 11 is 7.20. The summed E-state index contributed by atoms with van der Waals surface area (Å²) in [6.45, 7) is 6.22. The molecule has 0 bridgehead atoms. The average Bonchev–Trinajstić information content (AvgIpc) is 2.79. The molecule has 5 nitrogen and oxygen atoms in total. The van der Waals surface area contributed by atoms with Gasteiger partial charge in [-0.25, -0.2) is 9.37 Å². The summed E-state index contributed by atoms with van der Waals surface area (Å²) in [5.41, 5.74) is 0.638. The molecule has 1 aromatic heterocycles. The standard InChI is InChI=1S/C25H27ClFN3O2S/c1-14-7-6-10-21(15(14)2)28-23(31)16(3)33-25-29-22-9-5-4-8-18(22)24(32)30(25)17-11-12-20(27)19(26)13-17/h4-5,8-9,11-16,21H,6-7,10H2,1-3H3,(H,28,31)/t14-,15-,16-,21-/m1/s1. The predicted octanol–water partition coefficient (Wildman–Crippen LogP) is 5.60. The van der Waals surface area contributed by atoms with E-state index >= 15 is 0 Å². The third kappa shape index (κ3) is 4.94. The van der Waals surface area contributed by atoms with E-state index in [4.69, 9.17) is 11.6 Å². The van der Waals surface area contributed by atoms with Gasteiger partial charge in [0.05, 0.1) is 26.9 Å². The molecule has 1 amide bonds. The Labute approximate surface area is 201 Å². The second kappa shape index (κ2) is 9.85. The smallest absolute Gasteiger partial charge is 0.266 e. The van der Waals surface area contributed by atoms with Crippen LogP contribution in [0.5, 0.6) is 0 Å². The molecule has 33 heavy (non-hydrogen) atoms. The zero-order chi connectivity index (χ0) is 23.7. The molecule has 1 aliphatic rings. The zero-order valence-electron chi connectivity index (χ0n) is 18.8. The number of thioether (sulfide) groups is 1. The van der Waals surface area contributed by atoms with Crippen LogP contribution in [0.2, 0.25) is 5.02 Å². The molecule has 174 valence electrons. The molecule has 1 heterocycles. The summed E-state index contributed by atoms with van der Waals surface area (Å²) in [4.78, 5) is 31.1. The Balaban J connectivity index is 1.68. The molecular formula is C25H27ClFN3O2S. The third-order valence-electron chi connectivity index (χ3n) is 6.59. The van der Waals surface area contributed by atoms with Crippen molar-refractivity contribution in [1.82, 2.24) is 14.9 Å². The van der Waals surface area contributed by atoms with E-state index in [0.717, 1.165) is 12.8 Å². The molecule has 0 radical (unpaired) electrons. The Morgan fingerprint density at radius 3 is 2.76 bits per heavy atom. The quantitative estimate of drug-likeness (QED) is 0.376. The highest BCUT2D eigenvalue weighted by Gasteiger charge is 2.30. The lowest BCUT2D eigenvalue weighted by Gasteiger charge is -2.35. The second-order valence-corrected chi connectivity index (χ2v) is 10.5. The van der Waals surface area contributed by atoms with Gasteiger partial charge in [0.25, 0.3) is 5.56 Å². The molecule has 4 atom stereocenters. The summed E-state index contributed by atoms with van der Waals surface area (Å²) in [7, 11) is 0. The number of nitrogens with one attached hydrogen (secondary N) is 1. The van der Waals surface area contributed by atoms with Crippen molar-refractivity contribution in [1.29, 1.82) is 0 Å². The average molecular weight is 488 g/mol. The summed E-state index contributed by atoms with van der Waals surface area (Å²) in [6.07, 6.45) is 3.27. The number of aromatic nitrogens is 2. The van der Waals surface area contributed by atoms with Crippen molar-refractivity contribution in [2.75, 3.05) is 0 Å². The highest BCUT2D eigenvalue weighted by Crippen LogP contribution is 2.31. The van der Waals surface area contributed by atoms with Crippen LogP contribution in [0.25, 0.3) is 16.6 Å². The first-order chi connectivity index (χ1) is 15.8. The van der Waals surface area contributed by atoms with Crippen LogP contribution in [0.4, 0.5) is 4.39 Å². The van der Waals surface area contributed by atoms with Gasteiger partial charge in [0.1, 0.15) is 5.82 Å². The maximum Gasteiger partial charge on any atom is 0.266 e. The lowest BCUT2D eigenvalue weighted by atomic mass is 9.78. The maximum atomic E-state index is 13.8. The van der Waals surface area contributed by atoms with Gasteiger partial charge >= 0.3 is 0 Å². The molecule has 8 heteroatoms. The minimum absolute atomic E-state index is 0.0861. The minimum atomic E-state index is -0.569. The van der Waals surface area contributed by atoms with Gasteiger partial charge in [0.2, 0.25) is 5.91 Å². The van der Waals surface area contributed by atoms with Crippen molar-refractivity contribution >= 4 is 40.2 Å². The summed E-state index contributed by atoms with van der Waals surface area (Å²) in [6, 6.07) is 11.3. The number of nitrogens with zero attached hydrogens (tertiary/aromatic N) is 2. The molecule has 4 rings (SSSR count). The minimum Gasteiger partial charge on any atom is -0.352 e. The monoisotopic (exact) mass is 487 g/mol. The number of rotatable bonds is 5. The van der Waals surface area contributed by atoms with E-state index in [1.54, 1.807) is 25.1 Å². The topological polar surface area (TPSA) is 64.0 Å². The van der Waals surface area contributed by atoms with Gasteiger partial charge in [-0.1, -0.05) is 62.2 Å². The molecule has 2 aromatic carbocycles. The summed E-state index contributed by atoms with van der Waals surface area (Å²) < 4.78 is 15.2. The van der Waals surface area contributed by atoms with Crippen molar-refractivity contribution in [2.45, 2.75) is 56.5 Å². The maximum absolute atomic E-state index is 13.8. The van der Waals surface area contributed by atoms with Crippen LogP contribution in [0.15, 0.2) is 52.4 Å². The largest absolute Gasteiger partial charge is 0.352 e. The Hall–Kier alpha value is -2.38. The highest BCUT2D eigenvalue weighted by atomic mass is 35.5. The summed E-state index contributed by atoms with van der Waals surface area (Å²) in [5, 5.41) is 3.42. The van der Waals surface area contributed by atoms with Gasteiger partial charge in [-0.2, -0.15) is 0 Å². The number of fused-ring (bicyclic) bond motifs is 1. The van der Waals surface area contributed by atoms with Gasteiger partial charge in [-0.3, -0.25) is 14.2 Å². The van der Waals surface area contributed by atoms with E-state index in [-0.39, 0.29) is 22.5 Å². The van der Waals surface area contributed by atoms with Gasteiger partial charge in [-0.15, -0.1) is 0 Å². The zero-order valence-corrected chi connectivity index (χ0v) is 20.4. The fourth-order valence-corrected chi connectivity index (χ4v) is 5.45. The van der Waals surface area contributed by atoms with Crippen LogP contribution in [-0.2, 0) is 4.79 Å². The number of amides is 1. The highest BCUT2D eigenvalue weighted by molar-refractivity contribution is 8.00. The molecule has 3 aromatic rings. The predicted molar refractivity (Wildman–Crippen MR) is 132 cm³/mol. The van der Waals surface area contributed by atoms with Crippen LogP contribution >= 0.6 is 23.4 Å². The fourth-order valence-electron chi connectivity index (χ4n) is 4.34. The molecular weight excluding hydrogens is 461 g/mol. The van der Waals surface area contributed by atoms with Crippen molar-refractivity contribution in [3.8, 4) is 5.69 Å². The molecule has 0 aliphatic heterocycles. The molecule has 1 fully saturated rings. The van der Waals surface area contributed by atoms with Crippen molar-refractivity contribution in [3.05, 3.63) is 63.7 Å². The number of hydrogen-bond donors (Lipinski definition) is 1. The molecule has 1 N–H and O–H groups in total. The first-order valence-corrected chi connectivity index (χ1v) is 12.5. The third-order valence-corrected chi connectivity index (χ3v) is 7.93. The second-order valence-electron chi connectivity index (χ2n) is 8.79. The van der Waals surface area contributed by atoms with Gasteiger partial charge in [-0.05, 0) is 55.5 Å². The number of carbonyl (C=O) groups is 1. The molecule has 1 aliphatic carbocycles. The molecule has 1 saturated carbocycles. The molecule has 0 spiro atoms. The normalized spacial score (nSPS) is 21.7. The Morgan fingerprint density at radius 1 is 1.24 bits per heavy atom. The number of halogens is 2. The first kappa shape index (κ1) is 23.8. The molecule has 0 saturated heterocycles. The van der Waals surface area contributed by atoms with E-state index < -0.39 is 11.1 Å². The SMILES string of the molecule is C[C@@H]1[C@H](C)CCC[C@H]1NC(=O)[C@@H](C)Sc1nc2ccccc2c(=O)n1-c1ccc(F)c(Cl)c1. The number of benzene rings is 2. The van der Waals surface area contributed by atoms with Crippen LogP contribution in [0, 0.1) is 17.7 Å². The first-order valence-electron chi connectivity index (χ1n) is 11.2. The summed E-state index contributed by atoms with van der Waals surface area (Å²) in [5.74, 6) is 0.331. The van der Waals surface area contributed by atoms with Crippen LogP contribution in [0.1, 0.15) is 40.0 Å². The van der Waals surface area contributed by atoms with Crippen molar-refractivity contribution < 1.29 is 9.18 Å². The van der Waals surface area contributed by atoms with Gasteiger partial charge in [0, 0.05) is 6.04 Å². The van der Waals surface area contributed by atoms with E-state index in [1.165, 1.54) is 40.9 Å². The van der Waals surface area contributed by atoms with Crippen molar-refractivity contribution in [2.24, 2.45) is 11.8 Å². The molecule has 0 unspecified atom stereocenters. The van der Waals surface area contributed by atoms with Crippen LogP contribution in [-0.4, -0.2) is 26.8 Å². The van der Waals surface area contributed by atoms with Crippen molar-refractivity contribution in [3.63, 3.8) is 0 Å². The number of para-hydroxylation sites is 1. The Morgan fingerprint density at radius 2 is 2.00 bits per heavy atom. The van der Waals surface area contributed by atoms with Gasteiger partial charge < -0.3 is 5.32 Å². The Kier molecular flexibility index (Phi) is 7.10. The van der Waals surface area contributed by atoms with E-state index in [1.807, 2.05) is 6.07 Å². The lowest BCUT2D eigenvalue weighted by molar-refractivity contribution is -0.121. The van der Waals surface area contributed by atoms with E-state index in [2.05, 4.69) is 24.1 Å².